The van der Waals surface area contributed by atoms with Gasteiger partial charge in [-0.15, -0.1) is 0 Å². The van der Waals surface area contributed by atoms with E-state index in [-0.39, 0.29) is 0 Å². The number of para-hydroxylation sites is 6. The minimum Gasteiger partial charge on any atom is -0.311 e. The minimum absolute atomic E-state index is 0.489. The van der Waals surface area contributed by atoms with E-state index in [1.165, 1.54) is 66.3 Å². The predicted octanol–water partition coefficient (Wildman–Crippen LogP) is 18.4. The summed E-state index contributed by atoms with van der Waals surface area (Å²) in [6.07, 6.45) is 0. The molecule has 11 aromatic carbocycles. The number of benzene rings is 11. The highest BCUT2D eigenvalue weighted by Crippen LogP contribution is 2.57. The molecule has 1 aliphatic carbocycles. The Morgan fingerprint density at radius 3 is 1.32 bits per heavy atom. The standard InChI is InChI=1S/C68H49N3/c1-68(51-39-44-60-59-31-18-20-34-65(59)71(66(60)47-51)56-29-15-6-16-30-56)63-33-19-17-32-61(63)67-62(49-37-42-58(43-38-49)70(54-25-11-4-12-26-54)55-27-13-5-14-28-55)45-50(46-64(67)68)48-35-40-57(41-36-48)69(52-21-7-2-8-22-52)53-23-9-3-10-24-53/h2-47H,1H3. The van der Waals surface area contributed by atoms with Gasteiger partial charge in [0.1, 0.15) is 0 Å². The third kappa shape index (κ3) is 7.13. The van der Waals surface area contributed by atoms with Crippen LogP contribution in [0.2, 0.25) is 0 Å². The maximum absolute atomic E-state index is 2.48. The van der Waals surface area contributed by atoms with Crippen molar-refractivity contribution in [2.24, 2.45) is 0 Å². The summed E-state index contributed by atoms with van der Waals surface area (Å²) in [4.78, 5) is 4.66. The molecule has 0 bridgehead atoms. The zero-order chi connectivity index (χ0) is 47.3. The van der Waals surface area contributed by atoms with Gasteiger partial charge in [-0.1, -0.05) is 170 Å². The molecule has 1 aliphatic rings. The van der Waals surface area contributed by atoms with Crippen LogP contribution in [-0.2, 0) is 5.41 Å². The summed E-state index contributed by atoms with van der Waals surface area (Å²) in [5, 5.41) is 2.50. The zero-order valence-corrected chi connectivity index (χ0v) is 39.4. The van der Waals surface area contributed by atoms with E-state index in [0.29, 0.717) is 0 Å². The maximum atomic E-state index is 2.48. The van der Waals surface area contributed by atoms with Crippen LogP contribution in [0, 0.1) is 0 Å². The van der Waals surface area contributed by atoms with Crippen molar-refractivity contribution in [2.45, 2.75) is 12.3 Å². The van der Waals surface area contributed by atoms with Crippen molar-refractivity contribution < 1.29 is 0 Å². The summed E-state index contributed by atoms with van der Waals surface area (Å²) in [6, 6.07) is 102. The molecule has 3 nitrogen and oxygen atoms in total. The van der Waals surface area contributed by atoms with Gasteiger partial charge < -0.3 is 14.4 Å². The molecule has 0 saturated carbocycles. The molecule has 71 heavy (non-hydrogen) atoms. The predicted molar refractivity (Wildman–Crippen MR) is 298 cm³/mol. The fraction of sp³-hybridized carbons (Fsp3) is 0.0294. The van der Waals surface area contributed by atoms with Crippen molar-refractivity contribution in [3.63, 3.8) is 0 Å². The smallest absolute Gasteiger partial charge is 0.0544 e. The van der Waals surface area contributed by atoms with Gasteiger partial charge in [-0.3, -0.25) is 0 Å². The quantitative estimate of drug-likeness (QED) is 0.135. The highest BCUT2D eigenvalue weighted by atomic mass is 15.1. The molecule has 12 aromatic rings. The Kier molecular flexibility index (Phi) is 10.3. The monoisotopic (exact) mass is 907 g/mol. The lowest BCUT2D eigenvalue weighted by molar-refractivity contribution is 0.715. The third-order valence-electron chi connectivity index (χ3n) is 14.6. The number of fused-ring (bicyclic) bond motifs is 6. The topological polar surface area (TPSA) is 11.4 Å². The molecule has 1 heterocycles. The van der Waals surface area contributed by atoms with Crippen LogP contribution in [0.3, 0.4) is 0 Å². The van der Waals surface area contributed by atoms with Gasteiger partial charge in [-0.25, -0.2) is 0 Å². The Labute approximate surface area is 415 Å². The van der Waals surface area contributed by atoms with E-state index >= 15 is 0 Å². The SMILES string of the molecule is CC1(c2ccc3c4ccccc4n(-c4ccccc4)c3c2)c2ccccc2-c2c(-c3ccc(N(c4ccccc4)c4ccccc4)cc3)cc(-c3ccc(N(c4ccccc4)c4ccccc4)cc3)cc21. The molecule has 1 aromatic heterocycles. The Morgan fingerprint density at radius 1 is 0.310 bits per heavy atom. The van der Waals surface area contributed by atoms with Gasteiger partial charge in [-0.2, -0.15) is 0 Å². The molecule has 336 valence electrons. The minimum atomic E-state index is -0.489. The second kappa shape index (κ2) is 17.4. The number of anilines is 6. The van der Waals surface area contributed by atoms with Crippen LogP contribution in [0.5, 0.6) is 0 Å². The van der Waals surface area contributed by atoms with Crippen molar-refractivity contribution in [3.8, 4) is 39.1 Å². The van der Waals surface area contributed by atoms with Gasteiger partial charge in [0, 0.05) is 56.0 Å². The van der Waals surface area contributed by atoms with Gasteiger partial charge in [0.25, 0.3) is 0 Å². The number of hydrogen-bond donors (Lipinski definition) is 0. The van der Waals surface area contributed by atoms with Crippen LogP contribution in [-0.4, -0.2) is 4.57 Å². The van der Waals surface area contributed by atoms with Gasteiger partial charge >= 0.3 is 0 Å². The van der Waals surface area contributed by atoms with Crippen molar-refractivity contribution in [3.05, 3.63) is 296 Å². The van der Waals surface area contributed by atoms with Gasteiger partial charge in [0.05, 0.1) is 11.0 Å². The molecule has 3 heteroatoms. The molecule has 13 rings (SSSR count). The van der Waals surface area contributed by atoms with E-state index in [2.05, 4.69) is 300 Å². The first kappa shape index (κ1) is 42.0. The molecular formula is C68H49N3. The number of aromatic nitrogens is 1. The summed E-state index contributed by atoms with van der Waals surface area (Å²) in [5.74, 6) is 0. The van der Waals surface area contributed by atoms with Crippen LogP contribution in [0.15, 0.2) is 279 Å². The lowest BCUT2D eigenvalue weighted by Gasteiger charge is -2.29. The highest BCUT2D eigenvalue weighted by Gasteiger charge is 2.42. The Morgan fingerprint density at radius 2 is 0.761 bits per heavy atom. The van der Waals surface area contributed by atoms with Crippen molar-refractivity contribution in [1.29, 1.82) is 0 Å². The van der Waals surface area contributed by atoms with Crippen LogP contribution >= 0.6 is 0 Å². The second-order valence-corrected chi connectivity index (χ2v) is 18.6. The Balaban J connectivity index is 1.01. The van der Waals surface area contributed by atoms with Crippen molar-refractivity contribution in [1.82, 2.24) is 4.57 Å². The fourth-order valence-electron chi connectivity index (χ4n) is 11.2. The molecular weight excluding hydrogens is 859 g/mol. The van der Waals surface area contributed by atoms with Gasteiger partial charge in [-0.05, 0) is 166 Å². The first-order valence-corrected chi connectivity index (χ1v) is 24.5. The summed E-state index contributed by atoms with van der Waals surface area (Å²) >= 11 is 0. The lowest BCUT2D eigenvalue weighted by Crippen LogP contribution is -2.22. The largest absolute Gasteiger partial charge is 0.311 e. The number of rotatable bonds is 10. The summed E-state index contributed by atoms with van der Waals surface area (Å²) < 4.78 is 2.44. The molecule has 0 N–H and O–H groups in total. The highest BCUT2D eigenvalue weighted by molar-refractivity contribution is 6.10. The van der Waals surface area contributed by atoms with Crippen LogP contribution in [0.25, 0.3) is 60.9 Å². The molecule has 1 atom stereocenters. The lowest BCUT2D eigenvalue weighted by atomic mass is 9.73. The molecule has 1 unspecified atom stereocenters. The average Bonchev–Trinajstić information content (AvgIpc) is 3.92. The first-order valence-electron chi connectivity index (χ1n) is 24.5. The van der Waals surface area contributed by atoms with Crippen molar-refractivity contribution in [2.75, 3.05) is 9.80 Å². The third-order valence-corrected chi connectivity index (χ3v) is 14.6. The van der Waals surface area contributed by atoms with Crippen LogP contribution in [0.4, 0.5) is 34.1 Å². The average molecular weight is 908 g/mol. The summed E-state index contributed by atoms with van der Waals surface area (Å²) in [7, 11) is 0. The van der Waals surface area contributed by atoms with E-state index in [0.717, 1.165) is 45.4 Å². The zero-order valence-electron chi connectivity index (χ0n) is 39.4. The molecule has 0 saturated heterocycles. The molecule has 0 fully saturated rings. The van der Waals surface area contributed by atoms with E-state index < -0.39 is 5.41 Å². The van der Waals surface area contributed by atoms with Crippen LogP contribution in [0.1, 0.15) is 23.6 Å². The van der Waals surface area contributed by atoms with E-state index in [4.69, 9.17) is 0 Å². The number of nitrogens with zero attached hydrogens (tertiary/aromatic N) is 3. The van der Waals surface area contributed by atoms with E-state index in [9.17, 15) is 0 Å². The maximum Gasteiger partial charge on any atom is 0.0544 e. The first-order chi connectivity index (χ1) is 35.1. The Hall–Kier alpha value is -9.18. The van der Waals surface area contributed by atoms with Crippen molar-refractivity contribution >= 4 is 55.9 Å². The molecule has 0 spiro atoms. The van der Waals surface area contributed by atoms with E-state index in [1.807, 2.05) is 0 Å². The normalized spacial score (nSPS) is 13.8. The second-order valence-electron chi connectivity index (χ2n) is 18.6. The van der Waals surface area contributed by atoms with Crippen LogP contribution < -0.4 is 9.80 Å². The number of hydrogen-bond acceptors (Lipinski definition) is 2. The molecule has 0 amide bonds. The van der Waals surface area contributed by atoms with E-state index in [1.54, 1.807) is 0 Å². The fourth-order valence-corrected chi connectivity index (χ4v) is 11.2. The molecule has 0 aliphatic heterocycles. The van der Waals surface area contributed by atoms with Gasteiger partial charge in [0.2, 0.25) is 0 Å². The van der Waals surface area contributed by atoms with Gasteiger partial charge in [0.15, 0.2) is 0 Å². The molecule has 0 radical (unpaired) electrons. The Bertz CT molecular complexity index is 3770. The summed E-state index contributed by atoms with van der Waals surface area (Å²) in [5.41, 5.74) is 20.9. The summed E-state index contributed by atoms with van der Waals surface area (Å²) in [6.45, 7) is 2.45.